The standard InChI is InChI=1S/C16H23NO2/c1-5-12-13-8-11(14(18)6-9(2)3)7-10(4)15(13)17-16(12)19/h7-9,12,14,18H,5-6H2,1-4H3,(H,17,19). The number of aliphatic hydroxyl groups excluding tert-OH is 1. The highest BCUT2D eigenvalue weighted by molar-refractivity contribution is 6.03. The van der Waals surface area contributed by atoms with E-state index in [0.717, 1.165) is 35.2 Å². The van der Waals surface area contributed by atoms with E-state index < -0.39 is 6.10 Å². The van der Waals surface area contributed by atoms with E-state index in [1.54, 1.807) is 0 Å². The fourth-order valence-corrected chi connectivity index (χ4v) is 2.82. The van der Waals surface area contributed by atoms with Crippen molar-refractivity contribution >= 4 is 11.6 Å². The van der Waals surface area contributed by atoms with Crippen molar-refractivity contribution in [3.05, 3.63) is 28.8 Å². The van der Waals surface area contributed by atoms with Gasteiger partial charge in [0.25, 0.3) is 0 Å². The highest BCUT2D eigenvalue weighted by Crippen LogP contribution is 2.39. The zero-order chi connectivity index (χ0) is 14.2. The van der Waals surface area contributed by atoms with Crippen molar-refractivity contribution in [1.29, 1.82) is 0 Å². The molecule has 0 saturated heterocycles. The van der Waals surface area contributed by atoms with Gasteiger partial charge in [-0.3, -0.25) is 4.79 Å². The summed E-state index contributed by atoms with van der Waals surface area (Å²) < 4.78 is 0. The van der Waals surface area contributed by atoms with Crippen LogP contribution in [-0.4, -0.2) is 11.0 Å². The van der Waals surface area contributed by atoms with Gasteiger partial charge in [0.15, 0.2) is 0 Å². The second-order valence-corrected chi connectivity index (χ2v) is 5.90. The zero-order valence-electron chi connectivity index (χ0n) is 12.2. The van der Waals surface area contributed by atoms with E-state index in [1.807, 2.05) is 26.0 Å². The van der Waals surface area contributed by atoms with Gasteiger partial charge in [-0.1, -0.05) is 32.9 Å². The number of fused-ring (bicyclic) bond motifs is 1. The van der Waals surface area contributed by atoms with Gasteiger partial charge in [-0.15, -0.1) is 0 Å². The van der Waals surface area contributed by atoms with Crippen LogP contribution in [0.3, 0.4) is 0 Å². The van der Waals surface area contributed by atoms with Gasteiger partial charge in [0.2, 0.25) is 5.91 Å². The summed E-state index contributed by atoms with van der Waals surface area (Å²) in [4.78, 5) is 11.9. The second-order valence-electron chi connectivity index (χ2n) is 5.90. The maximum Gasteiger partial charge on any atom is 0.232 e. The lowest BCUT2D eigenvalue weighted by molar-refractivity contribution is -0.117. The third-order valence-corrected chi connectivity index (χ3v) is 3.82. The molecule has 2 N–H and O–H groups in total. The summed E-state index contributed by atoms with van der Waals surface area (Å²) in [5, 5.41) is 13.2. The molecule has 2 rings (SSSR count). The van der Waals surface area contributed by atoms with E-state index in [1.165, 1.54) is 0 Å². The molecule has 19 heavy (non-hydrogen) atoms. The molecule has 0 aromatic heterocycles. The lowest BCUT2D eigenvalue weighted by Crippen LogP contribution is -2.10. The van der Waals surface area contributed by atoms with Crippen molar-refractivity contribution in [3.8, 4) is 0 Å². The summed E-state index contributed by atoms with van der Waals surface area (Å²) in [6.45, 7) is 8.21. The van der Waals surface area contributed by atoms with Crippen molar-refractivity contribution < 1.29 is 9.90 Å². The van der Waals surface area contributed by atoms with Crippen LogP contribution in [0.5, 0.6) is 0 Å². The average molecular weight is 261 g/mol. The first kappa shape index (κ1) is 14.1. The minimum atomic E-state index is -0.447. The van der Waals surface area contributed by atoms with Crippen molar-refractivity contribution in [1.82, 2.24) is 0 Å². The zero-order valence-corrected chi connectivity index (χ0v) is 12.2. The van der Waals surface area contributed by atoms with Crippen LogP contribution in [-0.2, 0) is 4.79 Å². The van der Waals surface area contributed by atoms with Crippen LogP contribution in [0.2, 0.25) is 0 Å². The Morgan fingerprint density at radius 1 is 1.37 bits per heavy atom. The minimum Gasteiger partial charge on any atom is -0.388 e. The molecular weight excluding hydrogens is 238 g/mol. The smallest absolute Gasteiger partial charge is 0.232 e. The molecule has 1 aromatic rings. The van der Waals surface area contributed by atoms with Gasteiger partial charge >= 0.3 is 0 Å². The predicted molar refractivity (Wildman–Crippen MR) is 77.3 cm³/mol. The molecule has 2 atom stereocenters. The summed E-state index contributed by atoms with van der Waals surface area (Å²) >= 11 is 0. The SMILES string of the molecule is CCC1C(=O)Nc2c(C)cc(C(O)CC(C)C)cc21. The van der Waals surface area contributed by atoms with Crippen LogP contribution in [0.15, 0.2) is 12.1 Å². The molecule has 0 radical (unpaired) electrons. The summed E-state index contributed by atoms with van der Waals surface area (Å²) in [6, 6.07) is 3.99. The fraction of sp³-hybridized carbons (Fsp3) is 0.562. The molecule has 0 fully saturated rings. The van der Waals surface area contributed by atoms with Crippen LogP contribution < -0.4 is 5.32 Å². The Kier molecular flexibility index (Phi) is 3.95. The number of hydrogen-bond acceptors (Lipinski definition) is 2. The third-order valence-electron chi connectivity index (χ3n) is 3.82. The van der Waals surface area contributed by atoms with Crippen molar-refractivity contribution in [2.24, 2.45) is 5.92 Å². The highest BCUT2D eigenvalue weighted by atomic mass is 16.3. The molecule has 1 aliphatic heterocycles. The van der Waals surface area contributed by atoms with E-state index >= 15 is 0 Å². The number of anilines is 1. The van der Waals surface area contributed by atoms with Gasteiger partial charge in [-0.05, 0) is 42.4 Å². The quantitative estimate of drug-likeness (QED) is 0.871. The molecule has 0 bridgehead atoms. The topological polar surface area (TPSA) is 49.3 Å². The minimum absolute atomic E-state index is 0.0695. The molecule has 1 heterocycles. The molecule has 0 aliphatic carbocycles. The van der Waals surface area contributed by atoms with E-state index in [9.17, 15) is 9.90 Å². The van der Waals surface area contributed by atoms with Crippen LogP contribution in [0.1, 0.15) is 62.3 Å². The first-order chi connectivity index (χ1) is 8.93. The number of benzene rings is 1. The Balaban J connectivity index is 2.38. The number of carbonyl (C=O) groups excluding carboxylic acids is 1. The number of carbonyl (C=O) groups is 1. The summed E-state index contributed by atoms with van der Waals surface area (Å²) in [5.74, 6) is 0.460. The molecule has 3 nitrogen and oxygen atoms in total. The Morgan fingerprint density at radius 3 is 2.63 bits per heavy atom. The van der Waals surface area contributed by atoms with Crippen LogP contribution >= 0.6 is 0 Å². The van der Waals surface area contributed by atoms with Crippen LogP contribution in [0, 0.1) is 12.8 Å². The molecule has 0 spiro atoms. The Labute approximate surface area is 115 Å². The number of rotatable bonds is 4. The molecule has 1 aromatic carbocycles. The lowest BCUT2D eigenvalue weighted by atomic mass is 9.91. The molecule has 1 amide bonds. The monoisotopic (exact) mass is 261 g/mol. The Bertz CT molecular complexity index is 494. The van der Waals surface area contributed by atoms with Gasteiger partial charge in [0.05, 0.1) is 12.0 Å². The lowest BCUT2D eigenvalue weighted by Gasteiger charge is -2.16. The van der Waals surface area contributed by atoms with Crippen molar-refractivity contribution in [3.63, 3.8) is 0 Å². The summed E-state index contributed by atoms with van der Waals surface area (Å²) in [6.07, 6.45) is 1.09. The van der Waals surface area contributed by atoms with Crippen molar-refractivity contribution in [2.45, 2.75) is 52.6 Å². The molecule has 1 aliphatic rings. The third kappa shape index (κ3) is 2.66. The van der Waals surface area contributed by atoms with Gasteiger partial charge < -0.3 is 10.4 Å². The maximum absolute atomic E-state index is 11.9. The Hall–Kier alpha value is -1.35. The Morgan fingerprint density at radius 2 is 2.05 bits per heavy atom. The largest absolute Gasteiger partial charge is 0.388 e. The fourth-order valence-electron chi connectivity index (χ4n) is 2.82. The number of nitrogens with one attached hydrogen (secondary N) is 1. The molecule has 0 saturated carbocycles. The van der Waals surface area contributed by atoms with E-state index in [-0.39, 0.29) is 11.8 Å². The van der Waals surface area contributed by atoms with E-state index in [0.29, 0.717) is 5.92 Å². The van der Waals surface area contributed by atoms with Gasteiger partial charge in [-0.25, -0.2) is 0 Å². The van der Waals surface area contributed by atoms with E-state index in [4.69, 9.17) is 0 Å². The number of hydrogen-bond donors (Lipinski definition) is 2. The second kappa shape index (κ2) is 5.33. The summed E-state index contributed by atoms with van der Waals surface area (Å²) in [7, 11) is 0. The van der Waals surface area contributed by atoms with Crippen LogP contribution in [0.4, 0.5) is 5.69 Å². The summed E-state index contributed by atoms with van der Waals surface area (Å²) in [5.41, 5.74) is 3.96. The normalized spacial score (nSPS) is 19.5. The predicted octanol–water partition coefficient (Wildman–Crippen LogP) is 3.52. The molecule has 104 valence electrons. The molecule has 3 heteroatoms. The number of amides is 1. The van der Waals surface area contributed by atoms with E-state index in [2.05, 4.69) is 19.2 Å². The first-order valence-corrected chi connectivity index (χ1v) is 7.07. The average Bonchev–Trinajstić information content (AvgIpc) is 2.64. The maximum atomic E-state index is 11.9. The highest BCUT2D eigenvalue weighted by Gasteiger charge is 2.31. The number of aliphatic hydroxyl groups is 1. The van der Waals surface area contributed by atoms with Gasteiger partial charge in [-0.2, -0.15) is 0 Å². The molecule has 2 unspecified atom stereocenters. The number of aryl methyl sites for hydroxylation is 1. The first-order valence-electron chi connectivity index (χ1n) is 7.07. The van der Waals surface area contributed by atoms with Crippen LogP contribution in [0.25, 0.3) is 0 Å². The van der Waals surface area contributed by atoms with Gasteiger partial charge in [0, 0.05) is 5.69 Å². The van der Waals surface area contributed by atoms with Gasteiger partial charge in [0.1, 0.15) is 0 Å². The molecular formula is C16H23NO2. The van der Waals surface area contributed by atoms with Crippen molar-refractivity contribution in [2.75, 3.05) is 5.32 Å².